The van der Waals surface area contributed by atoms with Crippen molar-refractivity contribution in [1.82, 2.24) is 4.98 Å². The number of benzene rings is 3. The van der Waals surface area contributed by atoms with Gasteiger partial charge >= 0.3 is 0 Å². The average molecular weight is 410 g/mol. The van der Waals surface area contributed by atoms with Gasteiger partial charge in [0, 0.05) is 22.5 Å². The van der Waals surface area contributed by atoms with Crippen LogP contribution in [0.4, 0.5) is 0 Å². The number of pyridine rings is 1. The number of fused-ring (bicyclic) bond motifs is 4. The highest BCUT2D eigenvalue weighted by atomic mass is 28.3. The standard InChI is InChI=1S/C27H27NOSi/c1-17(2)23-16-19(15-18-9-6-7-10-20(18)23)25-27-22(13-14-28-25)21-11-8-12-24(26(21)29-27)30(3,4)5/h6-17H,1-5H3. The summed E-state index contributed by atoms with van der Waals surface area (Å²) in [6.07, 6.45) is 1.91. The molecule has 30 heavy (non-hydrogen) atoms. The summed E-state index contributed by atoms with van der Waals surface area (Å²) in [7, 11) is -1.53. The molecule has 3 heteroatoms. The highest BCUT2D eigenvalue weighted by Crippen LogP contribution is 2.37. The van der Waals surface area contributed by atoms with Crippen LogP contribution in [-0.2, 0) is 0 Å². The molecule has 3 aromatic carbocycles. The number of furan rings is 1. The van der Waals surface area contributed by atoms with Gasteiger partial charge in [-0.15, -0.1) is 0 Å². The van der Waals surface area contributed by atoms with Gasteiger partial charge in [-0.2, -0.15) is 0 Å². The van der Waals surface area contributed by atoms with Gasteiger partial charge in [0.15, 0.2) is 5.58 Å². The van der Waals surface area contributed by atoms with Crippen molar-refractivity contribution in [1.29, 1.82) is 0 Å². The molecule has 0 aliphatic carbocycles. The van der Waals surface area contributed by atoms with E-state index in [-0.39, 0.29) is 0 Å². The molecule has 0 N–H and O–H groups in total. The highest BCUT2D eigenvalue weighted by Gasteiger charge is 2.23. The molecule has 0 fully saturated rings. The van der Waals surface area contributed by atoms with E-state index in [4.69, 9.17) is 9.40 Å². The molecule has 0 saturated heterocycles. The molecule has 2 nitrogen and oxygen atoms in total. The number of aromatic nitrogens is 1. The second-order valence-electron chi connectivity index (χ2n) is 9.51. The molecular formula is C27H27NOSi. The van der Waals surface area contributed by atoms with E-state index >= 15 is 0 Å². The van der Waals surface area contributed by atoms with E-state index < -0.39 is 8.07 Å². The van der Waals surface area contributed by atoms with Crippen LogP contribution >= 0.6 is 0 Å². The summed E-state index contributed by atoms with van der Waals surface area (Å²) in [6.45, 7) is 11.6. The predicted molar refractivity (Wildman–Crippen MR) is 132 cm³/mol. The van der Waals surface area contributed by atoms with Gasteiger partial charge in [0.25, 0.3) is 0 Å². The Morgan fingerprint density at radius 3 is 2.30 bits per heavy atom. The first-order valence-electron chi connectivity index (χ1n) is 10.7. The highest BCUT2D eigenvalue weighted by molar-refractivity contribution is 6.90. The minimum Gasteiger partial charge on any atom is -0.454 e. The largest absolute Gasteiger partial charge is 0.454 e. The number of para-hydroxylation sites is 1. The Labute approximate surface area is 178 Å². The topological polar surface area (TPSA) is 26.0 Å². The third-order valence-corrected chi connectivity index (χ3v) is 8.02. The van der Waals surface area contributed by atoms with E-state index in [0.29, 0.717) is 5.92 Å². The van der Waals surface area contributed by atoms with Crippen molar-refractivity contribution in [3.63, 3.8) is 0 Å². The second-order valence-corrected chi connectivity index (χ2v) is 14.6. The van der Waals surface area contributed by atoms with Gasteiger partial charge in [0.2, 0.25) is 0 Å². The molecule has 0 aliphatic rings. The minimum absolute atomic E-state index is 0.434. The molecule has 0 bridgehead atoms. The zero-order chi connectivity index (χ0) is 21.0. The van der Waals surface area contributed by atoms with E-state index in [9.17, 15) is 0 Å². The monoisotopic (exact) mass is 409 g/mol. The number of rotatable bonds is 3. The summed E-state index contributed by atoms with van der Waals surface area (Å²) in [5, 5.41) is 6.27. The lowest BCUT2D eigenvalue weighted by atomic mass is 9.92. The van der Waals surface area contributed by atoms with E-state index in [1.54, 1.807) is 0 Å². The van der Waals surface area contributed by atoms with Gasteiger partial charge in [-0.1, -0.05) is 76.0 Å². The van der Waals surface area contributed by atoms with E-state index in [2.05, 4.69) is 94.2 Å². The molecule has 0 saturated carbocycles. The van der Waals surface area contributed by atoms with Crippen LogP contribution in [-0.4, -0.2) is 13.1 Å². The van der Waals surface area contributed by atoms with Crippen molar-refractivity contribution in [3.05, 3.63) is 72.4 Å². The van der Waals surface area contributed by atoms with Crippen molar-refractivity contribution in [2.75, 3.05) is 0 Å². The molecule has 0 radical (unpaired) electrons. The molecule has 0 spiro atoms. The lowest BCUT2D eigenvalue weighted by Crippen LogP contribution is -2.37. The normalized spacial score (nSPS) is 12.5. The summed E-state index contributed by atoms with van der Waals surface area (Å²) in [6, 6.07) is 21.8. The molecule has 0 unspecified atom stereocenters. The minimum atomic E-state index is -1.53. The van der Waals surface area contributed by atoms with Crippen LogP contribution in [0.5, 0.6) is 0 Å². The van der Waals surface area contributed by atoms with E-state index in [1.165, 1.54) is 26.9 Å². The number of nitrogens with zero attached hydrogens (tertiary/aromatic N) is 1. The Balaban J connectivity index is 1.84. The van der Waals surface area contributed by atoms with Crippen LogP contribution in [0.1, 0.15) is 25.3 Å². The predicted octanol–water partition coefficient (Wildman–Crippen LogP) is 7.47. The van der Waals surface area contributed by atoms with Crippen LogP contribution in [0, 0.1) is 0 Å². The Morgan fingerprint density at radius 1 is 0.800 bits per heavy atom. The van der Waals surface area contributed by atoms with Crippen LogP contribution in [0.2, 0.25) is 19.6 Å². The molecule has 0 atom stereocenters. The first-order chi connectivity index (χ1) is 14.3. The van der Waals surface area contributed by atoms with E-state index in [0.717, 1.165) is 27.8 Å². The number of hydrogen-bond acceptors (Lipinski definition) is 2. The maximum absolute atomic E-state index is 6.58. The maximum atomic E-state index is 6.58. The first kappa shape index (κ1) is 19.1. The molecule has 5 rings (SSSR count). The van der Waals surface area contributed by atoms with Crippen molar-refractivity contribution < 1.29 is 4.42 Å². The van der Waals surface area contributed by atoms with Crippen molar-refractivity contribution in [3.8, 4) is 11.3 Å². The maximum Gasteiger partial charge on any atom is 0.161 e. The van der Waals surface area contributed by atoms with Crippen LogP contribution in [0.15, 0.2) is 71.3 Å². The summed E-state index contributed by atoms with van der Waals surface area (Å²) in [4.78, 5) is 4.79. The Kier molecular flexibility index (Phi) is 4.33. The molecule has 150 valence electrons. The Hall–Kier alpha value is -2.91. The molecule has 0 aliphatic heterocycles. The zero-order valence-corrected chi connectivity index (χ0v) is 19.3. The smallest absolute Gasteiger partial charge is 0.161 e. The van der Waals surface area contributed by atoms with Gasteiger partial charge in [-0.3, -0.25) is 4.98 Å². The Bertz CT molecular complexity index is 1410. The fourth-order valence-corrected chi connectivity index (χ4v) is 5.94. The SMILES string of the molecule is CC(C)c1cc(-c2nccc3c2oc2c([Si](C)(C)C)cccc23)cc2ccccc12. The molecule has 5 aromatic rings. The summed E-state index contributed by atoms with van der Waals surface area (Å²) < 4.78 is 6.58. The van der Waals surface area contributed by atoms with Crippen molar-refractivity contribution in [2.24, 2.45) is 0 Å². The van der Waals surface area contributed by atoms with Gasteiger partial charge in [-0.05, 0) is 45.6 Å². The first-order valence-corrected chi connectivity index (χ1v) is 14.2. The zero-order valence-electron chi connectivity index (χ0n) is 18.3. The van der Waals surface area contributed by atoms with Gasteiger partial charge in [-0.25, -0.2) is 0 Å². The number of hydrogen-bond donors (Lipinski definition) is 0. The van der Waals surface area contributed by atoms with Crippen molar-refractivity contribution >= 4 is 46.0 Å². The van der Waals surface area contributed by atoms with Crippen molar-refractivity contribution in [2.45, 2.75) is 39.4 Å². The van der Waals surface area contributed by atoms with Gasteiger partial charge in [0.05, 0.1) is 8.07 Å². The fourth-order valence-electron chi connectivity index (χ4n) is 4.48. The van der Waals surface area contributed by atoms with Gasteiger partial charge in [0.1, 0.15) is 11.3 Å². The van der Waals surface area contributed by atoms with Gasteiger partial charge < -0.3 is 4.42 Å². The quantitative estimate of drug-likeness (QED) is 0.289. The second kappa shape index (κ2) is 6.81. The fraction of sp³-hybridized carbons (Fsp3) is 0.222. The third kappa shape index (κ3) is 2.96. The van der Waals surface area contributed by atoms with E-state index in [1.807, 2.05) is 6.20 Å². The Morgan fingerprint density at radius 2 is 1.53 bits per heavy atom. The molecule has 2 aromatic heterocycles. The lowest BCUT2D eigenvalue weighted by molar-refractivity contribution is 0.670. The van der Waals surface area contributed by atoms with Crippen LogP contribution in [0.25, 0.3) is 44.0 Å². The molecule has 2 heterocycles. The third-order valence-electron chi connectivity index (χ3n) is 6.01. The summed E-state index contributed by atoms with van der Waals surface area (Å²) in [5.74, 6) is 0.434. The average Bonchev–Trinajstić information content (AvgIpc) is 3.10. The van der Waals surface area contributed by atoms with Crippen LogP contribution in [0.3, 0.4) is 0 Å². The summed E-state index contributed by atoms with van der Waals surface area (Å²) >= 11 is 0. The summed E-state index contributed by atoms with van der Waals surface area (Å²) in [5.41, 5.74) is 5.32. The van der Waals surface area contributed by atoms with Crippen LogP contribution < -0.4 is 5.19 Å². The lowest BCUT2D eigenvalue weighted by Gasteiger charge is -2.16. The molecular weight excluding hydrogens is 382 g/mol. The molecule has 0 amide bonds.